The van der Waals surface area contributed by atoms with E-state index >= 15 is 0 Å². The quantitative estimate of drug-likeness (QED) is 0.671. The number of carbonyl (C=O) groups is 2. The van der Waals surface area contributed by atoms with Crippen molar-refractivity contribution in [1.29, 1.82) is 0 Å². The molecule has 0 fully saturated rings. The first-order valence-corrected chi connectivity index (χ1v) is 4.41. The van der Waals surface area contributed by atoms with Gasteiger partial charge in [-0.15, -0.1) is 6.58 Å². The third-order valence-electron chi connectivity index (χ3n) is 2.09. The average molecular weight is 222 g/mol. The van der Waals surface area contributed by atoms with Crippen LogP contribution in [-0.4, -0.2) is 27.3 Å². The van der Waals surface area contributed by atoms with E-state index in [-0.39, 0.29) is 23.1 Å². The van der Waals surface area contributed by atoms with E-state index in [1.165, 1.54) is 6.08 Å². The summed E-state index contributed by atoms with van der Waals surface area (Å²) in [5.41, 5.74) is -0.383. The first kappa shape index (κ1) is 11.8. The number of rotatable bonds is 4. The molecule has 0 aliphatic heterocycles. The molecule has 0 radical (unpaired) electrons. The van der Waals surface area contributed by atoms with Gasteiger partial charge in [0.1, 0.15) is 11.3 Å². The SMILES string of the molecule is C=CCc1c(C(=O)O)ccc(C(=O)O)c1O. The molecule has 1 aromatic carbocycles. The van der Waals surface area contributed by atoms with Crippen molar-refractivity contribution in [3.8, 4) is 5.75 Å². The predicted octanol–water partition coefficient (Wildman–Crippen LogP) is 1.52. The average Bonchev–Trinajstić information content (AvgIpc) is 2.20. The minimum atomic E-state index is -1.31. The smallest absolute Gasteiger partial charge is 0.339 e. The van der Waals surface area contributed by atoms with Gasteiger partial charge in [0.15, 0.2) is 0 Å². The van der Waals surface area contributed by atoms with Gasteiger partial charge in [-0.05, 0) is 18.6 Å². The molecular formula is C11H10O5. The summed E-state index contributed by atoms with van der Waals surface area (Å²) < 4.78 is 0. The van der Waals surface area contributed by atoms with E-state index in [0.29, 0.717) is 0 Å². The molecule has 0 heterocycles. The third-order valence-corrected chi connectivity index (χ3v) is 2.09. The van der Waals surface area contributed by atoms with Gasteiger partial charge in [-0.25, -0.2) is 9.59 Å². The summed E-state index contributed by atoms with van der Waals surface area (Å²) >= 11 is 0. The zero-order valence-corrected chi connectivity index (χ0v) is 8.30. The number of allylic oxidation sites excluding steroid dienone is 1. The van der Waals surface area contributed by atoms with Crippen LogP contribution in [0.1, 0.15) is 26.3 Å². The van der Waals surface area contributed by atoms with Gasteiger partial charge in [0.25, 0.3) is 0 Å². The zero-order valence-electron chi connectivity index (χ0n) is 8.30. The second kappa shape index (κ2) is 4.48. The lowest BCUT2D eigenvalue weighted by atomic mass is 9.99. The molecule has 0 saturated carbocycles. The van der Waals surface area contributed by atoms with Gasteiger partial charge in [-0.1, -0.05) is 6.08 Å². The molecule has 0 amide bonds. The van der Waals surface area contributed by atoms with Gasteiger partial charge in [-0.3, -0.25) is 0 Å². The normalized spacial score (nSPS) is 9.75. The third kappa shape index (κ3) is 2.03. The van der Waals surface area contributed by atoms with Crippen LogP contribution in [-0.2, 0) is 6.42 Å². The Bertz CT molecular complexity index is 462. The lowest BCUT2D eigenvalue weighted by Gasteiger charge is -2.08. The Balaban J connectivity index is 3.46. The maximum atomic E-state index is 10.8. The van der Waals surface area contributed by atoms with Gasteiger partial charge < -0.3 is 15.3 Å². The number of phenols is 1. The Morgan fingerprint density at radius 1 is 1.19 bits per heavy atom. The Kier molecular flexibility index (Phi) is 3.30. The Labute approximate surface area is 91.3 Å². The number of hydrogen-bond donors (Lipinski definition) is 3. The van der Waals surface area contributed by atoms with Crippen LogP contribution >= 0.6 is 0 Å². The minimum absolute atomic E-state index is 0.0578. The van der Waals surface area contributed by atoms with Gasteiger partial charge in [-0.2, -0.15) is 0 Å². The highest BCUT2D eigenvalue weighted by molar-refractivity contribution is 5.96. The maximum Gasteiger partial charge on any atom is 0.339 e. The highest BCUT2D eigenvalue weighted by Gasteiger charge is 2.19. The molecule has 0 aliphatic carbocycles. The van der Waals surface area contributed by atoms with Crippen LogP contribution < -0.4 is 0 Å². The van der Waals surface area contributed by atoms with Crippen molar-refractivity contribution < 1.29 is 24.9 Å². The molecule has 1 aromatic rings. The summed E-state index contributed by atoms with van der Waals surface area (Å²) in [5.74, 6) is -3.05. The van der Waals surface area contributed by atoms with Crippen molar-refractivity contribution in [2.24, 2.45) is 0 Å². The Hall–Kier alpha value is -2.30. The van der Waals surface area contributed by atoms with Crippen LogP contribution in [0.25, 0.3) is 0 Å². The molecule has 1 rings (SSSR count). The number of carboxylic acids is 2. The van der Waals surface area contributed by atoms with E-state index in [9.17, 15) is 14.7 Å². The second-order valence-electron chi connectivity index (χ2n) is 3.09. The first-order chi connectivity index (χ1) is 7.49. The zero-order chi connectivity index (χ0) is 12.3. The minimum Gasteiger partial charge on any atom is -0.507 e. The van der Waals surface area contributed by atoms with Gasteiger partial charge >= 0.3 is 11.9 Å². The summed E-state index contributed by atoms with van der Waals surface area (Å²) in [6.07, 6.45) is 1.49. The number of benzene rings is 1. The van der Waals surface area contributed by atoms with Crippen LogP contribution in [0.4, 0.5) is 0 Å². The van der Waals surface area contributed by atoms with Crippen LogP contribution in [0, 0.1) is 0 Å². The fourth-order valence-corrected chi connectivity index (χ4v) is 1.36. The molecule has 0 aliphatic rings. The summed E-state index contributed by atoms with van der Waals surface area (Å²) in [6.45, 7) is 3.42. The maximum absolute atomic E-state index is 10.8. The molecule has 5 heteroatoms. The monoisotopic (exact) mass is 222 g/mol. The molecule has 16 heavy (non-hydrogen) atoms. The van der Waals surface area contributed by atoms with Gasteiger partial charge in [0.2, 0.25) is 0 Å². The molecule has 0 unspecified atom stereocenters. The van der Waals surface area contributed by atoms with E-state index in [2.05, 4.69) is 6.58 Å². The highest BCUT2D eigenvalue weighted by atomic mass is 16.4. The summed E-state index contributed by atoms with van der Waals surface area (Å²) in [4.78, 5) is 21.6. The summed E-state index contributed by atoms with van der Waals surface area (Å²) in [5, 5.41) is 27.2. The molecule has 0 atom stereocenters. The standard InChI is InChI=1S/C11H10O5/c1-2-3-6-7(10(13)14)4-5-8(9(6)12)11(15)16/h2,4-5,12H,1,3H2,(H,13,14)(H,15,16). The molecule has 0 aromatic heterocycles. The molecule has 0 saturated heterocycles. The van der Waals surface area contributed by atoms with Gasteiger partial charge in [0, 0.05) is 5.56 Å². The molecule has 3 N–H and O–H groups in total. The van der Waals surface area contributed by atoms with E-state index < -0.39 is 17.7 Å². The van der Waals surface area contributed by atoms with Crippen molar-refractivity contribution >= 4 is 11.9 Å². The van der Waals surface area contributed by atoms with Crippen molar-refractivity contribution in [2.75, 3.05) is 0 Å². The summed E-state index contributed by atoms with van der Waals surface area (Å²) in [7, 11) is 0. The molecule has 84 valence electrons. The van der Waals surface area contributed by atoms with Crippen molar-refractivity contribution in [3.05, 3.63) is 41.5 Å². The fraction of sp³-hybridized carbons (Fsp3) is 0.0909. The lowest BCUT2D eigenvalue weighted by Crippen LogP contribution is -2.06. The highest BCUT2D eigenvalue weighted by Crippen LogP contribution is 2.27. The second-order valence-corrected chi connectivity index (χ2v) is 3.09. The van der Waals surface area contributed by atoms with Gasteiger partial charge in [0.05, 0.1) is 5.56 Å². The van der Waals surface area contributed by atoms with Crippen LogP contribution in [0.15, 0.2) is 24.8 Å². The lowest BCUT2D eigenvalue weighted by molar-refractivity contribution is 0.0677. The fourth-order valence-electron chi connectivity index (χ4n) is 1.36. The predicted molar refractivity (Wildman–Crippen MR) is 55.9 cm³/mol. The topological polar surface area (TPSA) is 94.8 Å². The van der Waals surface area contributed by atoms with E-state index in [1.54, 1.807) is 0 Å². The van der Waals surface area contributed by atoms with Crippen LogP contribution in [0.2, 0.25) is 0 Å². The Morgan fingerprint density at radius 2 is 1.69 bits per heavy atom. The van der Waals surface area contributed by atoms with E-state index in [4.69, 9.17) is 10.2 Å². The first-order valence-electron chi connectivity index (χ1n) is 4.41. The number of carboxylic acid groups (broad SMARTS) is 2. The Morgan fingerprint density at radius 3 is 2.12 bits per heavy atom. The van der Waals surface area contributed by atoms with Crippen LogP contribution in [0.5, 0.6) is 5.75 Å². The number of aromatic carboxylic acids is 2. The molecule has 0 bridgehead atoms. The van der Waals surface area contributed by atoms with Crippen molar-refractivity contribution in [1.82, 2.24) is 0 Å². The van der Waals surface area contributed by atoms with E-state index in [0.717, 1.165) is 12.1 Å². The van der Waals surface area contributed by atoms with Crippen molar-refractivity contribution in [2.45, 2.75) is 6.42 Å². The molecule has 0 spiro atoms. The number of hydrogen-bond acceptors (Lipinski definition) is 3. The van der Waals surface area contributed by atoms with Crippen molar-refractivity contribution in [3.63, 3.8) is 0 Å². The molecular weight excluding hydrogens is 212 g/mol. The number of aromatic hydroxyl groups is 1. The van der Waals surface area contributed by atoms with E-state index in [1.807, 2.05) is 0 Å². The van der Waals surface area contributed by atoms with Crippen LogP contribution in [0.3, 0.4) is 0 Å². The summed E-state index contributed by atoms with van der Waals surface area (Å²) in [6, 6.07) is 2.22. The largest absolute Gasteiger partial charge is 0.507 e. The molecule has 5 nitrogen and oxygen atoms in total.